The molecule has 0 spiro atoms. The van der Waals surface area contributed by atoms with E-state index < -0.39 is 0 Å². The highest BCUT2D eigenvalue weighted by Crippen LogP contribution is 2.15. The van der Waals surface area contributed by atoms with Crippen LogP contribution in [0.5, 0.6) is 0 Å². The SMILES string of the molecule is C=C=C(CCC#CCCCCCC)CCCCCCCCNCCCCCCCCC. The van der Waals surface area contributed by atoms with E-state index in [9.17, 15) is 0 Å². The maximum atomic E-state index is 3.88. The van der Waals surface area contributed by atoms with Crippen LogP contribution in [0.1, 0.15) is 149 Å². The van der Waals surface area contributed by atoms with Crippen LogP contribution in [0.25, 0.3) is 0 Å². The van der Waals surface area contributed by atoms with Gasteiger partial charge in [0.25, 0.3) is 0 Å². The predicted molar refractivity (Wildman–Crippen MR) is 142 cm³/mol. The Labute approximate surface area is 196 Å². The van der Waals surface area contributed by atoms with Crippen LogP contribution in [-0.4, -0.2) is 13.1 Å². The van der Waals surface area contributed by atoms with Crippen LogP contribution in [0.15, 0.2) is 17.9 Å². The van der Waals surface area contributed by atoms with E-state index in [1.807, 2.05) is 0 Å². The molecule has 1 nitrogen and oxygen atoms in total. The van der Waals surface area contributed by atoms with Crippen molar-refractivity contribution in [2.45, 2.75) is 149 Å². The van der Waals surface area contributed by atoms with Crippen molar-refractivity contribution in [2.24, 2.45) is 0 Å². The monoisotopic (exact) mass is 429 g/mol. The van der Waals surface area contributed by atoms with Crippen molar-refractivity contribution in [1.29, 1.82) is 0 Å². The quantitative estimate of drug-likeness (QED) is 0.0968. The first-order valence-corrected chi connectivity index (χ1v) is 13.9. The summed E-state index contributed by atoms with van der Waals surface area (Å²) < 4.78 is 0. The van der Waals surface area contributed by atoms with Gasteiger partial charge in [-0.1, -0.05) is 104 Å². The van der Waals surface area contributed by atoms with Gasteiger partial charge >= 0.3 is 0 Å². The molecule has 31 heavy (non-hydrogen) atoms. The lowest BCUT2D eigenvalue weighted by atomic mass is 10.0. The fraction of sp³-hybridized carbons (Fsp3) is 0.833. The Balaban J connectivity index is 3.34. The summed E-state index contributed by atoms with van der Waals surface area (Å²) in [6, 6.07) is 0. The van der Waals surface area contributed by atoms with Gasteiger partial charge in [-0.15, -0.1) is 17.6 Å². The molecule has 0 atom stereocenters. The first kappa shape index (κ1) is 30.0. The second-order valence-electron chi connectivity index (χ2n) is 9.19. The normalized spacial score (nSPS) is 10.5. The van der Waals surface area contributed by atoms with Crippen molar-refractivity contribution in [3.05, 3.63) is 17.9 Å². The second-order valence-corrected chi connectivity index (χ2v) is 9.19. The van der Waals surface area contributed by atoms with Crippen LogP contribution in [0.3, 0.4) is 0 Å². The highest BCUT2D eigenvalue weighted by atomic mass is 14.8. The van der Waals surface area contributed by atoms with Gasteiger partial charge in [-0.25, -0.2) is 0 Å². The zero-order valence-electron chi connectivity index (χ0n) is 21.5. The van der Waals surface area contributed by atoms with Crippen LogP contribution >= 0.6 is 0 Å². The molecule has 0 aromatic heterocycles. The molecule has 0 aliphatic rings. The van der Waals surface area contributed by atoms with E-state index in [0.29, 0.717) is 0 Å². The molecule has 0 aliphatic carbocycles. The number of unbranched alkanes of at least 4 members (excludes halogenated alkanes) is 15. The van der Waals surface area contributed by atoms with E-state index >= 15 is 0 Å². The van der Waals surface area contributed by atoms with E-state index in [2.05, 4.69) is 43.3 Å². The van der Waals surface area contributed by atoms with E-state index in [0.717, 1.165) is 19.3 Å². The Morgan fingerprint density at radius 3 is 1.61 bits per heavy atom. The molecular formula is C30H55N. The maximum Gasteiger partial charge on any atom is 0.0132 e. The molecule has 0 saturated heterocycles. The van der Waals surface area contributed by atoms with Crippen molar-refractivity contribution < 1.29 is 0 Å². The third kappa shape index (κ3) is 25.2. The van der Waals surface area contributed by atoms with Crippen LogP contribution in [0.2, 0.25) is 0 Å². The molecule has 0 radical (unpaired) electrons. The molecule has 0 saturated carbocycles. The summed E-state index contributed by atoms with van der Waals surface area (Å²) in [6.45, 7) is 10.9. The molecule has 0 bridgehead atoms. The van der Waals surface area contributed by atoms with Gasteiger partial charge in [0.2, 0.25) is 0 Å². The summed E-state index contributed by atoms with van der Waals surface area (Å²) in [5.74, 6) is 6.67. The number of nitrogens with one attached hydrogen (secondary N) is 1. The zero-order valence-corrected chi connectivity index (χ0v) is 21.5. The number of hydrogen-bond acceptors (Lipinski definition) is 1. The minimum absolute atomic E-state index is 0.984. The van der Waals surface area contributed by atoms with Crippen LogP contribution in [0, 0.1) is 11.8 Å². The van der Waals surface area contributed by atoms with Crippen molar-refractivity contribution in [3.63, 3.8) is 0 Å². The molecule has 0 aromatic carbocycles. The summed E-state index contributed by atoms with van der Waals surface area (Å²) in [4.78, 5) is 0. The molecule has 0 aromatic rings. The summed E-state index contributed by atoms with van der Waals surface area (Å²) in [5.41, 5.74) is 4.55. The third-order valence-corrected chi connectivity index (χ3v) is 6.12. The van der Waals surface area contributed by atoms with E-state index in [1.54, 1.807) is 0 Å². The number of hydrogen-bond donors (Lipinski definition) is 1. The molecule has 0 aliphatic heterocycles. The van der Waals surface area contributed by atoms with Crippen molar-refractivity contribution in [3.8, 4) is 11.8 Å². The Kier molecular flexibility index (Phi) is 26.2. The summed E-state index contributed by atoms with van der Waals surface area (Å²) >= 11 is 0. The standard InChI is InChI=1S/C30H55N/c1-4-7-9-11-13-14-18-22-26-30(6-3)27-23-19-15-17-21-25-29-31-28-24-20-16-12-10-8-5-2/h31H,3-5,7-13,15-17,19-29H2,1-2H3. The molecule has 0 fully saturated rings. The fourth-order valence-electron chi connectivity index (χ4n) is 3.96. The van der Waals surface area contributed by atoms with Gasteiger partial charge in [0.05, 0.1) is 0 Å². The Bertz CT molecular complexity index is 461. The largest absolute Gasteiger partial charge is 0.317 e. The van der Waals surface area contributed by atoms with Gasteiger partial charge in [-0.3, -0.25) is 0 Å². The van der Waals surface area contributed by atoms with Gasteiger partial charge in [-0.2, -0.15) is 0 Å². The molecule has 0 amide bonds. The smallest absolute Gasteiger partial charge is 0.0132 e. The zero-order chi connectivity index (χ0) is 22.7. The predicted octanol–water partition coefficient (Wildman–Crippen LogP) is 9.52. The minimum atomic E-state index is 0.984. The molecule has 1 N–H and O–H groups in total. The average Bonchev–Trinajstić information content (AvgIpc) is 2.79. The maximum absolute atomic E-state index is 3.88. The van der Waals surface area contributed by atoms with Gasteiger partial charge in [0.1, 0.15) is 0 Å². The topological polar surface area (TPSA) is 12.0 Å². The minimum Gasteiger partial charge on any atom is -0.317 e. The van der Waals surface area contributed by atoms with Crippen LogP contribution in [-0.2, 0) is 0 Å². The molecule has 1 heteroatoms. The average molecular weight is 430 g/mol. The Morgan fingerprint density at radius 2 is 1.03 bits per heavy atom. The number of allylic oxidation sites excluding steroid dienone is 1. The summed E-state index contributed by atoms with van der Waals surface area (Å²) in [6.07, 6.45) is 27.5. The molecule has 0 heterocycles. The van der Waals surface area contributed by atoms with Crippen LogP contribution in [0.4, 0.5) is 0 Å². The van der Waals surface area contributed by atoms with Crippen molar-refractivity contribution in [1.82, 2.24) is 5.32 Å². The summed E-state index contributed by atoms with van der Waals surface area (Å²) in [7, 11) is 0. The van der Waals surface area contributed by atoms with Gasteiger partial charge in [0.15, 0.2) is 0 Å². The Hall–Kier alpha value is -0.960. The lowest BCUT2D eigenvalue weighted by Gasteiger charge is -2.06. The molecular weight excluding hydrogens is 374 g/mol. The van der Waals surface area contributed by atoms with E-state index in [-0.39, 0.29) is 0 Å². The molecule has 0 unspecified atom stereocenters. The molecule has 180 valence electrons. The molecule has 0 rings (SSSR count). The van der Waals surface area contributed by atoms with Gasteiger partial charge in [0, 0.05) is 12.8 Å². The van der Waals surface area contributed by atoms with Gasteiger partial charge in [-0.05, 0) is 57.2 Å². The highest BCUT2D eigenvalue weighted by molar-refractivity contribution is 5.05. The highest BCUT2D eigenvalue weighted by Gasteiger charge is 1.97. The number of rotatable bonds is 23. The van der Waals surface area contributed by atoms with Gasteiger partial charge < -0.3 is 5.32 Å². The third-order valence-electron chi connectivity index (χ3n) is 6.12. The first-order valence-electron chi connectivity index (χ1n) is 13.9. The van der Waals surface area contributed by atoms with Crippen molar-refractivity contribution in [2.75, 3.05) is 13.1 Å². The first-order chi connectivity index (χ1) is 15.3. The van der Waals surface area contributed by atoms with Crippen LogP contribution < -0.4 is 5.32 Å². The fourth-order valence-corrected chi connectivity index (χ4v) is 3.96. The van der Waals surface area contributed by atoms with E-state index in [4.69, 9.17) is 0 Å². The summed E-state index contributed by atoms with van der Waals surface area (Å²) in [5, 5.41) is 3.62. The second kappa shape index (κ2) is 27.1. The Morgan fingerprint density at radius 1 is 0.548 bits per heavy atom. The lowest BCUT2D eigenvalue weighted by Crippen LogP contribution is -2.16. The lowest BCUT2D eigenvalue weighted by molar-refractivity contribution is 0.537. The van der Waals surface area contributed by atoms with E-state index in [1.165, 1.54) is 134 Å². The van der Waals surface area contributed by atoms with Crippen molar-refractivity contribution >= 4 is 0 Å².